The highest BCUT2D eigenvalue weighted by molar-refractivity contribution is 5.88. The third-order valence-electron chi connectivity index (χ3n) is 7.66. The van der Waals surface area contributed by atoms with E-state index in [9.17, 15) is 9.59 Å². The number of carboxylic acid groups (broad SMARTS) is 1. The number of hydrogen-bond acceptors (Lipinski definition) is 5. The van der Waals surface area contributed by atoms with Crippen LogP contribution in [0, 0.1) is 17.7 Å². The number of nitrogens with zero attached hydrogens (tertiary/aromatic N) is 2. The summed E-state index contributed by atoms with van der Waals surface area (Å²) in [5.41, 5.74) is 0.329. The summed E-state index contributed by atoms with van der Waals surface area (Å²) in [7, 11) is 0. The highest BCUT2D eigenvalue weighted by Crippen LogP contribution is 2.55. The molecule has 1 saturated carbocycles. The van der Waals surface area contributed by atoms with E-state index in [-0.39, 0.29) is 35.7 Å². The third kappa shape index (κ3) is 2.47. The van der Waals surface area contributed by atoms with Crippen LogP contribution in [0.25, 0.3) is 10.9 Å². The molecule has 6 atom stereocenters. The Morgan fingerprint density at radius 3 is 2.97 bits per heavy atom. The molecule has 0 spiro atoms. The van der Waals surface area contributed by atoms with E-state index in [1.54, 1.807) is 4.57 Å². The summed E-state index contributed by atoms with van der Waals surface area (Å²) in [6, 6.07) is 1.30. The van der Waals surface area contributed by atoms with Crippen molar-refractivity contribution in [2.24, 2.45) is 17.7 Å². The quantitative estimate of drug-likeness (QED) is 0.433. The number of ether oxygens (including phenoxy) is 2. The van der Waals surface area contributed by atoms with Crippen molar-refractivity contribution < 1.29 is 28.4 Å². The maximum absolute atomic E-state index is 15.5. The molecule has 162 valence electrons. The molecule has 3 aliphatic heterocycles. The Hall–Kier alpha value is -2.91. The number of fused-ring (bicyclic) bond motifs is 5. The first kappa shape index (κ1) is 18.8. The van der Waals surface area contributed by atoms with Crippen LogP contribution >= 0.6 is 0 Å². The van der Waals surface area contributed by atoms with E-state index in [2.05, 4.69) is 17.0 Å². The predicted molar refractivity (Wildman–Crippen MR) is 108 cm³/mol. The van der Waals surface area contributed by atoms with Gasteiger partial charge in [0.05, 0.1) is 23.1 Å². The van der Waals surface area contributed by atoms with Gasteiger partial charge in [0.15, 0.2) is 5.75 Å². The average Bonchev–Trinajstić information content (AvgIpc) is 3.38. The lowest BCUT2D eigenvalue weighted by atomic mass is 9.88. The molecule has 1 aliphatic carbocycles. The van der Waals surface area contributed by atoms with Crippen LogP contribution in [-0.4, -0.2) is 39.6 Å². The SMILES string of the molecule is CC1COc2c(C3CC4C5C=C[N+](N)(C5)C4C3)c(F)cc3c(=O)c(OC(=O)O)cn1c23. The van der Waals surface area contributed by atoms with Gasteiger partial charge in [0.25, 0.3) is 0 Å². The van der Waals surface area contributed by atoms with Crippen molar-refractivity contribution in [2.45, 2.75) is 37.8 Å². The molecular formula is C22H23FN3O5+. The fraction of sp³-hybridized carbons (Fsp3) is 0.455. The van der Waals surface area contributed by atoms with Crippen LogP contribution in [0.5, 0.6) is 11.5 Å². The molecule has 4 aliphatic rings. The number of pyridine rings is 1. The fourth-order valence-electron chi connectivity index (χ4n) is 6.35. The molecule has 2 fully saturated rings. The molecule has 2 aromatic rings. The molecule has 0 amide bonds. The van der Waals surface area contributed by atoms with Crippen molar-refractivity contribution in [1.82, 2.24) is 4.57 Å². The summed E-state index contributed by atoms with van der Waals surface area (Å²) >= 11 is 0. The Labute approximate surface area is 176 Å². The molecule has 31 heavy (non-hydrogen) atoms. The normalized spacial score (nSPS) is 34.7. The monoisotopic (exact) mass is 428 g/mol. The maximum atomic E-state index is 15.5. The molecule has 6 rings (SSSR count). The average molecular weight is 428 g/mol. The summed E-state index contributed by atoms with van der Waals surface area (Å²) < 4.78 is 28.4. The lowest BCUT2D eigenvalue weighted by molar-refractivity contribution is -0.901. The van der Waals surface area contributed by atoms with Crippen molar-refractivity contribution in [2.75, 3.05) is 13.2 Å². The lowest BCUT2D eigenvalue weighted by Crippen LogP contribution is -2.52. The van der Waals surface area contributed by atoms with E-state index in [1.165, 1.54) is 12.3 Å². The molecule has 2 bridgehead atoms. The molecule has 8 nitrogen and oxygen atoms in total. The molecule has 9 heteroatoms. The Bertz CT molecular complexity index is 1240. The third-order valence-corrected chi connectivity index (χ3v) is 7.66. The number of nitrogens with two attached hydrogens (primary N) is 1. The van der Waals surface area contributed by atoms with Gasteiger partial charge in [0.2, 0.25) is 5.43 Å². The van der Waals surface area contributed by atoms with Gasteiger partial charge in [-0.1, -0.05) is 0 Å². The van der Waals surface area contributed by atoms with E-state index in [4.69, 9.17) is 15.7 Å². The van der Waals surface area contributed by atoms with Gasteiger partial charge in [-0.15, -0.1) is 0 Å². The van der Waals surface area contributed by atoms with Crippen LogP contribution in [0.1, 0.15) is 37.3 Å². The van der Waals surface area contributed by atoms with E-state index >= 15 is 4.39 Å². The molecule has 1 saturated heterocycles. The number of benzene rings is 1. The molecule has 1 aromatic carbocycles. The van der Waals surface area contributed by atoms with Gasteiger partial charge in [-0.3, -0.25) is 4.79 Å². The number of aromatic nitrogens is 1. The zero-order chi connectivity index (χ0) is 21.7. The minimum atomic E-state index is -1.59. The van der Waals surface area contributed by atoms with Crippen molar-refractivity contribution in [3.05, 3.63) is 46.1 Å². The number of quaternary nitrogens is 1. The van der Waals surface area contributed by atoms with Gasteiger partial charge in [0, 0.05) is 23.8 Å². The van der Waals surface area contributed by atoms with Gasteiger partial charge in [-0.05, 0) is 31.4 Å². The standard InChI is InChI=1S/C22H22FN3O5/c1-10-9-30-21-18(12-4-13-11-2-3-26(24,8-11)16(13)5-12)15(23)6-14-19(21)25(10)7-17(20(14)27)31-22(28)29/h2-3,6-7,10-13,16H,4-5,8-9,24H2,1H3/p+1. The first-order valence-electron chi connectivity index (χ1n) is 10.6. The van der Waals surface area contributed by atoms with Crippen LogP contribution in [0.3, 0.4) is 0 Å². The van der Waals surface area contributed by atoms with Gasteiger partial charge in [-0.2, -0.15) is 5.84 Å². The van der Waals surface area contributed by atoms with Crippen molar-refractivity contribution in [3.63, 3.8) is 0 Å². The molecule has 6 unspecified atom stereocenters. The second-order valence-electron chi connectivity index (χ2n) is 9.34. The van der Waals surface area contributed by atoms with E-state index in [0.29, 0.717) is 33.3 Å². The minimum Gasteiger partial charge on any atom is -0.489 e. The second-order valence-corrected chi connectivity index (χ2v) is 9.34. The van der Waals surface area contributed by atoms with E-state index in [0.717, 1.165) is 19.4 Å². The Kier molecular flexibility index (Phi) is 3.69. The van der Waals surface area contributed by atoms with Gasteiger partial charge < -0.3 is 19.1 Å². The first-order chi connectivity index (χ1) is 14.8. The highest BCUT2D eigenvalue weighted by Gasteiger charge is 2.59. The minimum absolute atomic E-state index is 0.0509. The van der Waals surface area contributed by atoms with E-state index < -0.39 is 17.4 Å². The number of rotatable bonds is 2. The maximum Gasteiger partial charge on any atom is 0.511 e. The molecule has 4 heterocycles. The zero-order valence-corrected chi connectivity index (χ0v) is 17.0. The second kappa shape index (κ2) is 6.08. The van der Waals surface area contributed by atoms with Gasteiger partial charge >= 0.3 is 6.16 Å². The lowest BCUT2D eigenvalue weighted by Gasteiger charge is -2.31. The zero-order valence-electron chi connectivity index (χ0n) is 17.0. The van der Waals surface area contributed by atoms with Gasteiger partial charge in [-0.25, -0.2) is 13.8 Å². The predicted octanol–water partition coefficient (Wildman–Crippen LogP) is 2.86. The summed E-state index contributed by atoms with van der Waals surface area (Å²) in [6.45, 7) is 3.09. The van der Waals surface area contributed by atoms with Crippen LogP contribution in [0.2, 0.25) is 0 Å². The highest BCUT2D eigenvalue weighted by atomic mass is 19.1. The number of hydrogen-bond donors (Lipinski definition) is 2. The molecule has 0 radical (unpaired) electrons. The van der Waals surface area contributed by atoms with Crippen molar-refractivity contribution in [1.29, 1.82) is 0 Å². The first-order valence-corrected chi connectivity index (χ1v) is 10.6. The summed E-state index contributed by atoms with van der Waals surface area (Å²) in [6.07, 6.45) is 5.64. The Balaban J connectivity index is 1.51. The van der Waals surface area contributed by atoms with Crippen LogP contribution in [0.4, 0.5) is 9.18 Å². The van der Waals surface area contributed by atoms with Crippen LogP contribution < -0.4 is 20.7 Å². The van der Waals surface area contributed by atoms with Crippen molar-refractivity contribution in [3.8, 4) is 11.5 Å². The Morgan fingerprint density at radius 1 is 1.42 bits per heavy atom. The molecule has 3 N–H and O–H groups in total. The topological polar surface area (TPSA) is 104 Å². The smallest absolute Gasteiger partial charge is 0.489 e. The number of halogens is 1. The van der Waals surface area contributed by atoms with Crippen LogP contribution in [0.15, 0.2) is 29.3 Å². The Morgan fingerprint density at radius 2 is 2.23 bits per heavy atom. The summed E-state index contributed by atoms with van der Waals surface area (Å²) in [4.78, 5) is 23.9. The van der Waals surface area contributed by atoms with Crippen LogP contribution in [-0.2, 0) is 0 Å². The largest absolute Gasteiger partial charge is 0.511 e. The fourth-order valence-corrected chi connectivity index (χ4v) is 6.35. The van der Waals surface area contributed by atoms with Gasteiger partial charge in [0.1, 0.15) is 37.0 Å². The molecule has 1 aromatic heterocycles. The molecular weight excluding hydrogens is 405 g/mol. The van der Waals surface area contributed by atoms with E-state index in [1.807, 2.05) is 6.92 Å². The van der Waals surface area contributed by atoms with Crippen molar-refractivity contribution >= 4 is 17.1 Å². The number of carbonyl (C=O) groups is 1. The summed E-state index contributed by atoms with van der Waals surface area (Å²) in [5.74, 6) is 6.90. The summed E-state index contributed by atoms with van der Waals surface area (Å²) in [5, 5.41) is 9.03.